The lowest BCUT2D eigenvalue weighted by Crippen LogP contribution is -2.16. The maximum Gasteiger partial charge on any atom is 0.232 e. The van der Waals surface area contributed by atoms with Gasteiger partial charge in [0.05, 0.1) is 23.5 Å². The highest BCUT2D eigenvalue weighted by Crippen LogP contribution is 2.25. The molecule has 8 heteroatoms. The van der Waals surface area contributed by atoms with E-state index < -0.39 is 0 Å². The van der Waals surface area contributed by atoms with E-state index in [1.165, 1.54) is 16.9 Å². The largest absolute Gasteiger partial charge is 0.300 e. The fourth-order valence-electron chi connectivity index (χ4n) is 2.71. The van der Waals surface area contributed by atoms with Gasteiger partial charge in [-0.25, -0.2) is 9.50 Å². The van der Waals surface area contributed by atoms with E-state index in [2.05, 4.69) is 20.6 Å². The number of nitrogens with one attached hydrogen (secondary N) is 1. The van der Waals surface area contributed by atoms with Crippen LogP contribution in [0.1, 0.15) is 17.0 Å². The summed E-state index contributed by atoms with van der Waals surface area (Å²) in [6.45, 7) is 3.95. The highest BCUT2D eigenvalue weighted by Gasteiger charge is 2.18. The second-order valence-electron chi connectivity index (χ2n) is 5.99. The standard InChI is InChI=1S/C18H16N6OS/c1-11-3-6-13(7-4-11)17-14(9-16(25)21-18-22-19-10-26-18)24-15(20-17)8-5-12(2)23-24/h3-8,10H,9H2,1-2H3,(H,21,22,25). The first-order valence-electron chi connectivity index (χ1n) is 8.08. The molecule has 4 rings (SSSR count). The Labute approximate surface area is 153 Å². The molecule has 0 atom stereocenters. The molecule has 0 unspecified atom stereocenters. The molecule has 0 fully saturated rings. The van der Waals surface area contributed by atoms with Crippen LogP contribution in [-0.2, 0) is 11.2 Å². The van der Waals surface area contributed by atoms with Crippen molar-refractivity contribution in [2.45, 2.75) is 20.3 Å². The zero-order valence-electron chi connectivity index (χ0n) is 14.3. The number of imidazole rings is 1. The van der Waals surface area contributed by atoms with E-state index in [-0.39, 0.29) is 12.3 Å². The summed E-state index contributed by atoms with van der Waals surface area (Å²) in [5.74, 6) is -0.180. The summed E-state index contributed by atoms with van der Waals surface area (Å²) in [6, 6.07) is 11.9. The van der Waals surface area contributed by atoms with E-state index >= 15 is 0 Å². The summed E-state index contributed by atoms with van der Waals surface area (Å²) < 4.78 is 1.74. The van der Waals surface area contributed by atoms with Crippen molar-refractivity contribution in [3.63, 3.8) is 0 Å². The number of fused-ring (bicyclic) bond motifs is 1. The molecule has 1 aromatic carbocycles. The Morgan fingerprint density at radius 1 is 1.15 bits per heavy atom. The van der Waals surface area contributed by atoms with Gasteiger partial charge in [-0.15, -0.1) is 10.2 Å². The Hall–Kier alpha value is -3.13. The number of carbonyl (C=O) groups is 1. The molecule has 0 aliphatic rings. The molecule has 1 N–H and O–H groups in total. The van der Waals surface area contributed by atoms with Crippen molar-refractivity contribution in [1.29, 1.82) is 0 Å². The van der Waals surface area contributed by atoms with E-state index in [1.54, 1.807) is 10.0 Å². The molecule has 130 valence electrons. The number of hydrogen-bond acceptors (Lipinski definition) is 6. The second kappa shape index (κ2) is 6.64. The number of carbonyl (C=O) groups excluding carboxylic acids is 1. The SMILES string of the molecule is Cc1ccc(-c2nc3ccc(C)nn3c2CC(=O)Nc2nncs2)cc1. The molecule has 0 spiro atoms. The van der Waals surface area contributed by atoms with Gasteiger partial charge < -0.3 is 5.32 Å². The van der Waals surface area contributed by atoms with Gasteiger partial charge in [-0.1, -0.05) is 41.2 Å². The minimum absolute atomic E-state index is 0.139. The molecule has 0 aliphatic heterocycles. The maximum absolute atomic E-state index is 12.5. The number of benzene rings is 1. The molecule has 1 amide bonds. The molecule has 7 nitrogen and oxygen atoms in total. The van der Waals surface area contributed by atoms with Crippen molar-refractivity contribution in [3.05, 3.63) is 58.9 Å². The number of nitrogens with zero attached hydrogens (tertiary/aromatic N) is 5. The van der Waals surface area contributed by atoms with E-state index in [4.69, 9.17) is 4.98 Å². The lowest BCUT2D eigenvalue weighted by Gasteiger charge is -2.05. The predicted molar refractivity (Wildman–Crippen MR) is 100 cm³/mol. The van der Waals surface area contributed by atoms with Crippen LogP contribution in [0.4, 0.5) is 5.13 Å². The predicted octanol–water partition coefficient (Wildman–Crippen LogP) is 3.05. The van der Waals surface area contributed by atoms with Crippen LogP contribution in [0.15, 0.2) is 41.9 Å². The van der Waals surface area contributed by atoms with Crippen LogP contribution in [0.25, 0.3) is 16.9 Å². The van der Waals surface area contributed by atoms with Crippen LogP contribution in [0.5, 0.6) is 0 Å². The summed E-state index contributed by atoms with van der Waals surface area (Å²) in [5.41, 5.74) is 6.78. The third kappa shape index (κ3) is 3.18. The van der Waals surface area contributed by atoms with Crippen molar-refractivity contribution in [1.82, 2.24) is 24.8 Å². The lowest BCUT2D eigenvalue weighted by atomic mass is 10.1. The van der Waals surface area contributed by atoms with Gasteiger partial charge in [-0.2, -0.15) is 5.10 Å². The summed E-state index contributed by atoms with van der Waals surface area (Å²) >= 11 is 1.28. The third-order valence-electron chi connectivity index (χ3n) is 3.96. The number of hydrogen-bond donors (Lipinski definition) is 1. The fraction of sp³-hybridized carbons (Fsp3) is 0.167. The average molecular weight is 364 g/mol. The summed E-state index contributed by atoms with van der Waals surface area (Å²) in [7, 11) is 0. The smallest absolute Gasteiger partial charge is 0.232 e. The minimum Gasteiger partial charge on any atom is -0.300 e. The van der Waals surface area contributed by atoms with Crippen LogP contribution >= 0.6 is 11.3 Å². The van der Waals surface area contributed by atoms with Gasteiger partial charge in [-0.05, 0) is 26.0 Å². The monoisotopic (exact) mass is 364 g/mol. The lowest BCUT2D eigenvalue weighted by molar-refractivity contribution is -0.115. The van der Waals surface area contributed by atoms with Gasteiger partial charge in [0.2, 0.25) is 11.0 Å². The van der Waals surface area contributed by atoms with Gasteiger partial charge in [0.1, 0.15) is 5.51 Å². The van der Waals surface area contributed by atoms with Crippen LogP contribution in [0.2, 0.25) is 0 Å². The topological polar surface area (TPSA) is 85.1 Å². The molecular weight excluding hydrogens is 348 g/mol. The van der Waals surface area contributed by atoms with Gasteiger partial charge in [0.15, 0.2) is 5.65 Å². The van der Waals surface area contributed by atoms with E-state index in [9.17, 15) is 4.79 Å². The first kappa shape index (κ1) is 16.3. The Morgan fingerprint density at radius 3 is 2.69 bits per heavy atom. The number of rotatable bonds is 4. The Balaban J connectivity index is 1.77. The van der Waals surface area contributed by atoms with Crippen LogP contribution in [0, 0.1) is 13.8 Å². The first-order chi connectivity index (χ1) is 12.6. The van der Waals surface area contributed by atoms with E-state index in [0.717, 1.165) is 22.6 Å². The molecule has 26 heavy (non-hydrogen) atoms. The third-order valence-corrected chi connectivity index (χ3v) is 4.57. The second-order valence-corrected chi connectivity index (χ2v) is 6.82. The number of aryl methyl sites for hydroxylation is 2. The summed E-state index contributed by atoms with van der Waals surface area (Å²) in [5, 5.41) is 15.4. The van der Waals surface area contributed by atoms with Crippen molar-refractivity contribution < 1.29 is 4.79 Å². The van der Waals surface area contributed by atoms with Gasteiger partial charge in [0.25, 0.3) is 0 Å². The molecule has 3 heterocycles. The molecular formula is C18H16N6OS. The van der Waals surface area contributed by atoms with Crippen LogP contribution in [0.3, 0.4) is 0 Å². The maximum atomic E-state index is 12.5. The molecule has 0 radical (unpaired) electrons. The summed E-state index contributed by atoms with van der Waals surface area (Å²) in [6.07, 6.45) is 0.139. The molecule has 0 aliphatic carbocycles. The average Bonchev–Trinajstić information content (AvgIpc) is 3.24. The Morgan fingerprint density at radius 2 is 1.96 bits per heavy atom. The van der Waals surface area contributed by atoms with Gasteiger partial charge in [0, 0.05) is 5.56 Å². The molecule has 0 saturated carbocycles. The van der Waals surface area contributed by atoms with Crippen LogP contribution in [-0.4, -0.2) is 30.7 Å². The molecule has 0 bridgehead atoms. The highest BCUT2D eigenvalue weighted by molar-refractivity contribution is 7.13. The minimum atomic E-state index is -0.180. The molecule has 0 saturated heterocycles. The molecule has 3 aromatic heterocycles. The van der Waals surface area contributed by atoms with Crippen molar-refractivity contribution in [2.24, 2.45) is 0 Å². The fourth-order valence-corrected chi connectivity index (χ4v) is 3.18. The number of anilines is 1. The van der Waals surface area contributed by atoms with E-state index in [1.807, 2.05) is 50.2 Å². The molecule has 4 aromatic rings. The van der Waals surface area contributed by atoms with E-state index in [0.29, 0.717) is 10.8 Å². The van der Waals surface area contributed by atoms with Gasteiger partial charge >= 0.3 is 0 Å². The van der Waals surface area contributed by atoms with Crippen LogP contribution < -0.4 is 5.32 Å². The summed E-state index contributed by atoms with van der Waals surface area (Å²) in [4.78, 5) is 17.2. The highest BCUT2D eigenvalue weighted by atomic mass is 32.1. The Kier molecular flexibility index (Phi) is 4.18. The van der Waals surface area contributed by atoms with Crippen molar-refractivity contribution in [2.75, 3.05) is 5.32 Å². The zero-order chi connectivity index (χ0) is 18.1. The first-order valence-corrected chi connectivity index (χ1v) is 8.96. The van der Waals surface area contributed by atoms with Gasteiger partial charge in [-0.3, -0.25) is 4.79 Å². The normalized spacial score (nSPS) is 11.0. The Bertz CT molecular complexity index is 1070. The van der Waals surface area contributed by atoms with Crippen molar-refractivity contribution >= 4 is 28.0 Å². The zero-order valence-corrected chi connectivity index (χ0v) is 15.1. The van der Waals surface area contributed by atoms with Crippen molar-refractivity contribution in [3.8, 4) is 11.3 Å². The number of amides is 1. The number of aromatic nitrogens is 5. The quantitative estimate of drug-likeness (QED) is 0.602.